The quantitative estimate of drug-likeness (QED) is 0.818. The lowest BCUT2D eigenvalue weighted by atomic mass is 10.1. The van der Waals surface area contributed by atoms with Crippen molar-refractivity contribution in [3.05, 3.63) is 64.7 Å². The molecule has 1 unspecified atom stereocenters. The number of piperazine rings is 1. The van der Waals surface area contributed by atoms with Gasteiger partial charge in [-0.2, -0.15) is 4.31 Å². The molecule has 0 saturated carbocycles. The van der Waals surface area contributed by atoms with Gasteiger partial charge in [-0.05, 0) is 35.7 Å². The van der Waals surface area contributed by atoms with Crippen LogP contribution >= 0.6 is 11.6 Å². The predicted octanol–water partition coefficient (Wildman–Crippen LogP) is 2.86. The van der Waals surface area contributed by atoms with Crippen molar-refractivity contribution in [3.63, 3.8) is 0 Å². The van der Waals surface area contributed by atoms with Gasteiger partial charge < -0.3 is 10.1 Å². The summed E-state index contributed by atoms with van der Waals surface area (Å²) in [5.41, 5.74) is 1.87. The second kappa shape index (κ2) is 8.50. The van der Waals surface area contributed by atoms with Crippen molar-refractivity contribution in [1.29, 1.82) is 0 Å². The molecule has 140 valence electrons. The molecule has 0 spiro atoms. The summed E-state index contributed by atoms with van der Waals surface area (Å²) < 4.78 is 33.1. The molecule has 5 nitrogen and oxygen atoms in total. The third-order valence-corrected chi connectivity index (χ3v) is 6.85. The van der Waals surface area contributed by atoms with Crippen LogP contribution in [-0.4, -0.2) is 46.1 Å². The Balaban J connectivity index is 1.90. The lowest BCUT2D eigenvalue weighted by molar-refractivity contribution is 0.202. The fraction of sp³-hybridized carbons (Fsp3) is 0.368. The zero-order chi connectivity index (χ0) is 18.6. The highest BCUT2D eigenvalue weighted by molar-refractivity contribution is 7.89. The summed E-state index contributed by atoms with van der Waals surface area (Å²) in [6, 6.07) is 14.1. The van der Waals surface area contributed by atoms with Crippen molar-refractivity contribution in [2.24, 2.45) is 0 Å². The Morgan fingerprint density at radius 3 is 2.62 bits per heavy atom. The van der Waals surface area contributed by atoms with Crippen LogP contribution in [0.15, 0.2) is 53.4 Å². The maximum absolute atomic E-state index is 13.2. The third-order valence-electron chi connectivity index (χ3n) is 4.58. The molecule has 1 saturated heterocycles. The summed E-state index contributed by atoms with van der Waals surface area (Å²) in [5, 5.41) is 3.85. The van der Waals surface area contributed by atoms with E-state index in [1.54, 1.807) is 29.6 Å². The van der Waals surface area contributed by atoms with Crippen LogP contribution in [0.3, 0.4) is 0 Å². The number of methoxy groups -OCH3 is 1. The molecule has 26 heavy (non-hydrogen) atoms. The number of nitrogens with zero attached hydrogens (tertiary/aromatic N) is 1. The van der Waals surface area contributed by atoms with Crippen LogP contribution in [0.25, 0.3) is 0 Å². The maximum Gasteiger partial charge on any atom is 0.243 e. The average molecular weight is 395 g/mol. The number of sulfonamides is 1. The molecule has 1 aliphatic rings. The SMILES string of the molecule is COCCc1ccc(S(=O)(=O)N2CCNCC2c2ccccc2Cl)cc1. The average Bonchev–Trinajstić information content (AvgIpc) is 2.67. The molecular formula is C19H23ClN2O3S. The van der Waals surface area contributed by atoms with E-state index in [0.29, 0.717) is 36.2 Å². The third kappa shape index (κ3) is 4.10. The first-order chi connectivity index (χ1) is 12.5. The Morgan fingerprint density at radius 1 is 1.19 bits per heavy atom. The largest absolute Gasteiger partial charge is 0.384 e. The molecule has 0 bridgehead atoms. The molecule has 0 aromatic heterocycles. The summed E-state index contributed by atoms with van der Waals surface area (Å²) in [4.78, 5) is 0.303. The summed E-state index contributed by atoms with van der Waals surface area (Å²) in [5.74, 6) is 0. The van der Waals surface area contributed by atoms with Gasteiger partial charge in [0, 0.05) is 31.8 Å². The lowest BCUT2D eigenvalue weighted by Crippen LogP contribution is -2.48. The van der Waals surface area contributed by atoms with Crippen LogP contribution in [0.2, 0.25) is 5.02 Å². The van der Waals surface area contributed by atoms with E-state index in [4.69, 9.17) is 16.3 Å². The normalized spacial score (nSPS) is 18.8. The number of halogens is 1. The van der Waals surface area contributed by atoms with Gasteiger partial charge in [-0.1, -0.05) is 41.9 Å². The number of nitrogens with one attached hydrogen (secondary N) is 1. The Kier molecular flexibility index (Phi) is 6.32. The van der Waals surface area contributed by atoms with Gasteiger partial charge in [0.05, 0.1) is 17.5 Å². The van der Waals surface area contributed by atoms with Gasteiger partial charge in [0.15, 0.2) is 0 Å². The zero-order valence-corrected chi connectivity index (χ0v) is 16.3. The first-order valence-electron chi connectivity index (χ1n) is 8.59. The minimum atomic E-state index is -3.61. The molecule has 1 heterocycles. The number of benzene rings is 2. The van der Waals surface area contributed by atoms with E-state index in [1.807, 2.05) is 30.3 Å². The van der Waals surface area contributed by atoms with Gasteiger partial charge in [0.1, 0.15) is 0 Å². The molecule has 0 radical (unpaired) electrons. The molecule has 7 heteroatoms. The van der Waals surface area contributed by atoms with Crippen LogP contribution in [0.1, 0.15) is 17.2 Å². The maximum atomic E-state index is 13.2. The van der Waals surface area contributed by atoms with E-state index in [9.17, 15) is 8.42 Å². The van der Waals surface area contributed by atoms with Crippen molar-refractivity contribution in [2.75, 3.05) is 33.4 Å². The predicted molar refractivity (Wildman–Crippen MR) is 103 cm³/mol. The van der Waals surface area contributed by atoms with E-state index >= 15 is 0 Å². The van der Waals surface area contributed by atoms with E-state index in [-0.39, 0.29) is 6.04 Å². The standard InChI is InChI=1S/C19H23ClN2O3S/c1-25-13-10-15-6-8-16(9-7-15)26(23,24)22-12-11-21-14-19(22)17-4-2-3-5-18(17)20/h2-9,19,21H,10-14H2,1H3. The summed E-state index contributed by atoms with van der Waals surface area (Å²) >= 11 is 6.33. The van der Waals surface area contributed by atoms with Crippen molar-refractivity contribution >= 4 is 21.6 Å². The molecule has 3 rings (SSSR count). The van der Waals surface area contributed by atoms with Crippen molar-refractivity contribution in [1.82, 2.24) is 9.62 Å². The van der Waals surface area contributed by atoms with E-state index in [0.717, 1.165) is 17.5 Å². The highest BCUT2D eigenvalue weighted by atomic mass is 35.5. The van der Waals surface area contributed by atoms with E-state index in [1.165, 1.54) is 0 Å². The monoisotopic (exact) mass is 394 g/mol. The molecule has 2 aromatic rings. The van der Waals surface area contributed by atoms with Crippen LogP contribution in [0.4, 0.5) is 0 Å². The molecule has 2 aromatic carbocycles. The van der Waals surface area contributed by atoms with Gasteiger partial charge in [-0.15, -0.1) is 0 Å². The molecule has 1 N–H and O–H groups in total. The molecule has 0 amide bonds. The van der Waals surface area contributed by atoms with Crippen molar-refractivity contribution < 1.29 is 13.2 Å². The first kappa shape index (κ1) is 19.3. The number of rotatable bonds is 6. The van der Waals surface area contributed by atoms with Crippen molar-refractivity contribution in [2.45, 2.75) is 17.4 Å². The Bertz CT molecular complexity index is 840. The van der Waals surface area contributed by atoms with Crippen LogP contribution in [0.5, 0.6) is 0 Å². The fourth-order valence-electron chi connectivity index (χ4n) is 3.17. The molecule has 0 aliphatic carbocycles. The molecule has 1 aliphatic heterocycles. The second-order valence-corrected chi connectivity index (χ2v) is 8.54. The highest BCUT2D eigenvalue weighted by Gasteiger charge is 2.35. The fourth-order valence-corrected chi connectivity index (χ4v) is 5.03. The van der Waals surface area contributed by atoms with Gasteiger partial charge in [-0.3, -0.25) is 0 Å². The second-order valence-electron chi connectivity index (χ2n) is 6.24. The summed E-state index contributed by atoms with van der Waals surface area (Å²) in [6.07, 6.45) is 0.757. The Labute approximate surface area is 160 Å². The Hall–Kier alpha value is -1.44. The van der Waals surface area contributed by atoms with Crippen molar-refractivity contribution in [3.8, 4) is 0 Å². The number of ether oxygens (including phenoxy) is 1. The molecule has 1 atom stereocenters. The van der Waals surface area contributed by atoms with Crippen LogP contribution < -0.4 is 5.32 Å². The van der Waals surface area contributed by atoms with Crippen LogP contribution in [-0.2, 0) is 21.2 Å². The Morgan fingerprint density at radius 2 is 1.92 bits per heavy atom. The minimum Gasteiger partial charge on any atom is -0.384 e. The van der Waals surface area contributed by atoms with Gasteiger partial charge in [0.25, 0.3) is 0 Å². The number of hydrogen-bond donors (Lipinski definition) is 1. The van der Waals surface area contributed by atoms with Gasteiger partial charge in [-0.25, -0.2) is 8.42 Å². The van der Waals surface area contributed by atoms with Gasteiger partial charge >= 0.3 is 0 Å². The lowest BCUT2D eigenvalue weighted by Gasteiger charge is -2.35. The first-order valence-corrected chi connectivity index (χ1v) is 10.4. The summed E-state index contributed by atoms with van der Waals surface area (Å²) in [6.45, 7) is 2.17. The smallest absolute Gasteiger partial charge is 0.243 e. The topological polar surface area (TPSA) is 58.6 Å². The van der Waals surface area contributed by atoms with E-state index in [2.05, 4.69) is 5.32 Å². The van der Waals surface area contributed by atoms with Gasteiger partial charge in [0.2, 0.25) is 10.0 Å². The minimum absolute atomic E-state index is 0.303. The summed E-state index contributed by atoms with van der Waals surface area (Å²) in [7, 11) is -1.96. The molecule has 1 fully saturated rings. The molecular weight excluding hydrogens is 372 g/mol. The zero-order valence-electron chi connectivity index (χ0n) is 14.7. The van der Waals surface area contributed by atoms with Crippen LogP contribution in [0, 0.1) is 0 Å². The highest BCUT2D eigenvalue weighted by Crippen LogP contribution is 2.32. The number of hydrogen-bond acceptors (Lipinski definition) is 4. The van der Waals surface area contributed by atoms with E-state index < -0.39 is 10.0 Å².